The summed E-state index contributed by atoms with van der Waals surface area (Å²) in [5.41, 5.74) is 3.75. The summed E-state index contributed by atoms with van der Waals surface area (Å²) < 4.78 is 6.03. The molecule has 4 rings (SSSR count). The van der Waals surface area contributed by atoms with Gasteiger partial charge in [0.1, 0.15) is 11.9 Å². The number of fused-ring (bicyclic) bond motifs is 1. The Morgan fingerprint density at radius 2 is 2.08 bits per heavy atom. The highest BCUT2D eigenvalue weighted by molar-refractivity contribution is 6.30. The number of hydrogen-bond donors (Lipinski definition) is 2. The van der Waals surface area contributed by atoms with E-state index in [1.807, 2.05) is 12.1 Å². The minimum Gasteiger partial charge on any atom is -0.490 e. The Morgan fingerprint density at radius 1 is 1.24 bits per heavy atom. The molecule has 0 spiro atoms. The fourth-order valence-electron chi connectivity index (χ4n) is 4.06. The van der Waals surface area contributed by atoms with Crippen molar-refractivity contribution in [1.82, 2.24) is 10.6 Å². The number of nitrogens with one attached hydrogen (secondary N) is 2. The Labute approximate surface area is 154 Å². The van der Waals surface area contributed by atoms with Crippen molar-refractivity contribution in [3.63, 3.8) is 0 Å². The molecule has 25 heavy (non-hydrogen) atoms. The van der Waals surface area contributed by atoms with Gasteiger partial charge in [-0.15, -0.1) is 0 Å². The van der Waals surface area contributed by atoms with E-state index >= 15 is 0 Å². The van der Waals surface area contributed by atoms with Gasteiger partial charge in [-0.3, -0.25) is 0 Å². The van der Waals surface area contributed by atoms with Crippen LogP contribution >= 0.6 is 11.6 Å². The largest absolute Gasteiger partial charge is 0.490 e. The predicted molar refractivity (Wildman–Crippen MR) is 102 cm³/mol. The van der Waals surface area contributed by atoms with Gasteiger partial charge in [-0.2, -0.15) is 0 Å². The van der Waals surface area contributed by atoms with Gasteiger partial charge in [0.25, 0.3) is 0 Å². The molecule has 0 aliphatic carbocycles. The molecule has 0 amide bonds. The molecule has 0 unspecified atom stereocenters. The highest BCUT2D eigenvalue weighted by atomic mass is 35.5. The third-order valence-electron chi connectivity index (χ3n) is 5.21. The van der Waals surface area contributed by atoms with Gasteiger partial charge in [-0.1, -0.05) is 41.9 Å². The number of piperidine rings is 1. The lowest BCUT2D eigenvalue weighted by Crippen LogP contribution is -2.45. The van der Waals surface area contributed by atoms with Crippen LogP contribution in [-0.4, -0.2) is 18.7 Å². The van der Waals surface area contributed by atoms with Crippen LogP contribution in [0.25, 0.3) is 0 Å². The summed E-state index contributed by atoms with van der Waals surface area (Å²) in [4.78, 5) is 0. The lowest BCUT2D eigenvalue weighted by atomic mass is 9.92. The summed E-state index contributed by atoms with van der Waals surface area (Å²) in [6.07, 6.45) is 3.55. The molecule has 1 fully saturated rings. The van der Waals surface area contributed by atoms with E-state index in [1.54, 1.807) is 0 Å². The summed E-state index contributed by atoms with van der Waals surface area (Å²) in [5, 5.41) is 8.23. The van der Waals surface area contributed by atoms with E-state index in [0.717, 1.165) is 30.3 Å². The Hall–Kier alpha value is -1.55. The zero-order chi connectivity index (χ0) is 17.2. The van der Waals surface area contributed by atoms with E-state index in [9.17, 15) is 0 Å². The summed E-state index contributed by atoms with van der Waals surface area (Å²) >= 11 is 6.33. The molecule has 132 valence electrons. The average Bonchev–Trinajstić information content (AvgIpc) is 3.00. The van der Waals surface area contributed by atoms with Crippen molar-refractivity contribution in [2.24, 2.45) is 0 Å². The minimum absolute atomic E-state index is 0.237. The Balaban J connectivity index is 1.51. The molecule has 1 saturated heterocycles. The fourth-order valence-corrected chi connectivity index (χ4v) is 4.32. The first-order chi connectivity index (χ1) is 12.2. The molecule has 0 radical (unpaired) electrons. The molecule has 3 atom stereocenters. The van der Waals surface area contributed by atoms with E-state index < -0.39 is 0 Å². The van der Waals surface area contributed by atoms with E-state index in [2.05, 4.69) is 47.9 Å². The van der Waals surface area contributed by atoms with Crippen LogP contribution in [-0.2, 0) is 13.0 Å². The van der Waals surface area contributed by atoms with Crippen LogP contribution in [0, 0.1) is 0 Å². The van der Waals surface area contributed by atoms with Crippen molar-refractivity contribution in [3.05, 3.63) is 64.2 Å². The molecule has 3 nitrogen and oxygen atoms in total. The van der Waals surface area contributed by atoms with Crippen LogP contribution in [0.15, 0.2) is 42.5 Å². The first-order valence-electron chi connectivity index (χ1n) is 9.20. The molecule has 4 heteroatoms. The molecule has 2 N–H and O–H groups in total. The molecule has 0 bridgehead atoms. The lowest BCUT2D eigenvalue weighted by Gasteiger charge is -2.34. The fraction of sp³-hybridized carbons (Fsp3) is 0.429. The monoisotopic (exact) mass is 356 g/mol. The third kappa shape index (κ3) is 3.69. The second kappa shape index (κ2) is 7.36. The Morgan fingerprint density at radius 3 is 2.92 bits per heavy atom. The quantitative estimate of drug-likeness (QED) is 0.859. The predicted octanol–water partition coefficient (Wildman–Crippen LogP) is 4.25. The minimum atomic E-state index is 0.237. The van der Waals surface area contributed by atoms with Crippen LogP contribution in [0.5, 0.6) is 5.75 Å². The van der Waals surface area contributed by atoms with Gasteiger partial charge < -0.3 is 15.4 Å². The number of rotatable bonds is 4. The van der Waals surface area contributed by atoms with E-state index in [0.29, 0.717) is 12.1 Å². The number of halogens is 1. The van der Waals surface area contributed by atoms with Crippen molar-refractivity contribution in [3.8, 4) is 5.75 Å². The summed E-state index contributed by atoms with van der Waals surface area (Å²) in [7, 11) is 0. The maximum atomic E-state index is 6.33. The standard InChI is InChI=1S/C21H25ClN2O/c1-14-10-16-11-18(22)12-17(21(16)25-14)13-24-19-8-5-9-23-20(19)15-6-3-2-4-7-15/h2-4,6-7,11-12,14,19-20,23-24H,5,8-10,13H2,1H3/t14-,19-,20-/m0/s1. The molecule has 2 aliphatic rings. The van der Waals surface area contributed by atoms with E-state index in [1.165, 1.54) is 29.5 Å². The maximum absolute atomic E-state index is 6.33. The number of ether oxygens (including phenoxy) is 1. The zero-order valence-corrected chi connectivity index (χ0v) is 15.4. The van der Waals surface area contributed by atoms with Gasteiger partial charge in [0.15, 0.2) is 0 Å². The zero-order valence-electron chi connectivity index (χ0n) is 14.6. The molecule has 2 aromatic carbocycles. The highest BCUT2D eigenvalue weighted by Crippen LogP contribution is 2.35. The van der Waals surface area contributed by atoms with Crippen molar-refractivity contribution >= 4 is 11.6 Å². The lowest BCUT2D eigenvalue weighted by molar-refractivity contribution is 0.250. The van der Waals surface area contributed by atoms with Crippen LogP contribution < -0.4 is 15.4 Å². The molecule has 2 heterocycles. The van der Waals surface area contributed by atoms with Crippen molar-refractivity contribution < 1.29 is 4.74 Å². The van der Waals surface area contributed by atoms with E-state index in [-0.39, 0.29) is 6.10 Å². The number of hydrogen-bond acceptors (Lipinski definition) is 3. The number of benzene rings is 2. The molecule has 2 aliphatic heterocycles. The first kappa shape index (κ1) is 16.9. The molecule has 0 saturated carbocycles. The first-order valence-corrected chi connectivity index (χ1v) is 9.58. The topological polar surface area (TPSA) is 33.3 Å². The van der Waals surface area contributed by atoms with Crippen molar-refractivity contribution in [2.75, 3.05) is 6.54 Å². The van der Waals surface area contributed by atoms with Gasteiger partial charge in [-0.05, 0) is 49.6 Å². The Bertz CT molecular complexity index is 734. The van der Waals surface area contributed by atoms with Gasteiger partial charge in [0, 0.05) is 35.6 Å². The van der Waals surface area contributed by atoms with E-state index in [4.69, 9.17) is 16.3 Å². The second-order valence-corrected chi connectivity index (χ2v) is 7.59. The summed E-state index contributed by atoms with van der Waals surface area (Å²) in [5.74, 6) is 1.03. The van der Waals surface area contributed by atoms with Crippen LogP contribution in [0.1, 0.15) is 42.5 Å². The maximum Gasteiger partial charge on any atom is 0.127 e. The van der Waals surface area contributed by atoms with Gasteiger partial charge >= 0.3 is 0 Å². The summed E-state index contributed by atoms with van der Waals surface area (Å²) in [6.45, 7) is 3.97. The molecular weight excluding hydrogens is 332 g/mol. The normalized spacial score (nSPS) is 25.4. The van der Waals surface area contributed by atoms with Crippen molar-refractivity contribution in [2.45, 2.75) is 50.9 Å². The van der Waals surface area contributed by atoms with Gasteiger partial charge in [-0.25, -0.2) is 0 Å². The molecular formula is C21H25ClN2O. The molecule has 0 aromatic heterocycles. The molecule has 2 aromatic rings. The van der Waals surface area contributed by atoms with Crippen molar-refractivity contribution in [1.29, 1.82) is 0 Å². The third-order valence-corrected chi connectivity index (χ3v) is 5.42. The van der Waals surface area contributed by atoms with Gasteiger partial charge in [0.05, 0.1) is 0 Å². The average molecular weight is 357 g/mol. The summed E-state index contributed by atoms with van der Waals surface area (Å²) in [6, 6.07) is 15.6. The SMILES string of the molecule is C[C@H]1Cc2cc(Cl)cc(CN[C@H]3CCCN[C@H]3c3ccccc3)c2O1. The second-order valence-electron chi connectivity index (χ2n) is 7.16. The Kier molecular flexibility index (Phi) is 4.98. The van der Waals surface area contributed by atoms with Crippen LogP contribution in [0.3, 0.4) is 0 Å². The van der Waals surface area contributed by atoms with Crippen LogP contribution in [0.2, 0.25) is 5.02 Å². The highest BCUT2D eigenvalue weighted by Gasteiger charge is 2.27. The smallest absolute Gasteiger partial charge is 0.127 e. The van der Waals surface area contributed by atoms with Gasteiger partial charge in [0.2, 0.25) is 0 Å². The van der Waals surface area contributed by atoms with Crippen LogP contribution in [0.4, 0.5) is 0 Å².